The van der Waals surface area contributed by atoms with E-state index >= 15 is 0 Å². The largest absolute Gasteiger partial charge is 0.486 e. The Kier molecular flexibility index (Phi) is 7.73. The molecular formula is C24H25FN6O5S2. The van der Waals surface area contributed by atoms with E-state index in [1.807, 2.05) is 6.92 Å². The second-order valence-electron chi connectivity index (χ2n) is 8.60. The Labute approximate surface area is 223 Å². The highest BCUT2D eigenvalue weighted by Crippen LogP contribution is 2.23. The van der Waals surface area contributed by atoms with E-state index in [2.05, 4.69) is 15.0 Å². The van der Waals surface area contributed by atoms with Gasteiger partial charge in [0.1, 0.15) is 25.5 Å². The van der Waals surface area contributed by atoms with Crippen molar-refractivity contribution >= 4 is 44.9 Å². The summed E-state index contributed by atoms with van der Waals surface area (Å²) >= 11 is 5.52. The predicted molar refractivity (Wildman–Crippen MR) is 136 cm³/mol. The molecule has 0 spiro atoms. The van der Waals surface area contributed by atoms with Gasteiger partial charge in [-0.05, 0) is 62.5 Å². The molecule has 11 nitrogen and oxygen atoms in total. The number of benzene rings is 2. The zero-order chi connectivity index (χ0) is 27.6. The van der Waals surface area contributed by atoms with Gasteiger partial charge < -0.3 is 14.7 Å². The summed E-state index contributed by atoms with van der Waals surface area (Å²) < 4.78 is 49.3. The van der Waals surface area contributed by atoms with Gasteiger partial charge in [0.05, 0.1) is 11.3 Å². The van der Waals surface area contributed by atoms with Gasteiger partial charge in [-0.15, -0.1) is 4.40 Å². The van der Waals surface area contributed by atoms with Gasteiger partial charge in [-0.3, -0.25) is 19.8 Å². The lowest BCUT2D eigenvalue weighted by Crippen LogP contribution is -2.45. The van der Waals surface area contributed by atoms with Crippen LogP contribution in [0, 0.1) is 12.7 Å². The third-order valence-corrected chi connectivity index (χ3v) is 7.69. The van der Waals surface area contributed by atoms with Gasteiger partial charge in [0, 0.05) is 12.2 Å². The number of anilines is 1. The topological polar surface area (TPSA) is 130 Å². The van der Waals surface area contributed by atoms with Crippen LogP contribution in [0.3, 0.4) is 0 Å². The molecule has 2 heterocycles. The maximum Gasteiger partial charge on any atom is 0.289 e. The number of sulfonamides is 1. The molecule has 1 fully saturated rings. The van der Waals surface area contributed by atoms with Crippen LogP contribution in [0.2, 0.25) is 0 Å². The molecule has 1 N–H and O–H groups in total. The lowest BCUT2D eigenvalue weighted by Gasteiger charge is -2.22. The molecule has 0 radical (unpaired) electrons. The summed E-state index contributed by atoms with van der Waals surface area (Å²) in [5, 5.41) is 6.60. The monoisotopic (exact) mass is 560 g/mol. The number of likely N-dealkylation sites (N-methyl/N-ethyl adjacent to an activating group) is 1. The Morgan fingerprint density at radius 3 is 2.50 bits per heavy atom. The first-order valence-corrected chi connectivity index (χ1v) is 13.4. The zero-order valence-electron chi connectivity index (χ0n) is 20.8. The number of aromatic nitrogens is 2. The van der Waals surface area contributed by atoms with Crippen LogP contribution in [-0.2, 0) is 33.2 Å². The minimum atomic E-state index is -4.12. The number of halogens is 1. The summed E-state index contributed by atoms with van der Waals surface area (Å²) in [6.45, 7) is 3.76. The van der Waals surface area contributed by atoms with Crippen LogP contribution < -0.4 is 20.8 Å². The predicted octanol–water partition coefficient (Wildman–Crippen LogP) is 1.14. The summed E-state index contributed by atoms with van der Waals surface area (Å²) in [4.78, 5) is 28.8. The van der Waals surface area contributed by atoms with Crippen LogP contribution in [-0.4, -0.2) is 47.7 Å². The minimum absolute atomic E-state index is 0.0209. The molecule has 2 amide bonds. The molecule has 38 heavy (non-hydrogen) atoms. The van der Waals surface area contributed by atoms with Crippen molar-refractivity contribution < 1.29 is 31.6 Å². The third kappa shape index (κ3) is 5.65. The first-order valence-electron chi connectivity index (χ1n) is 11.6. The van der Waals surface area contributed by atoms with Crippen molar-refractivity contribution in [3.05, 3.63) is 71.2 Å². The Morgan fingerprint density at radius 2 is 1.87 bits per heavy atom. The molecular weight excluding hydrogens is 535 g/mol. The van der Waals surface area contributed by atoms with Gasteiger partial charge in [0.15, 0.2) is 5.11 Å². The van der Waals surface area contributed by atoms with Crippen molar-refractivity contribution in [3.8, 4) is 0 Å². The standard InChI is InChI=1S/C24H25FN6O5S2/c1-4-30-23(33)19(13-21(32)26-17-9-7-16(25)8-10-17)31(24(30)37)14-20-22(36-28-29(20)3)27-38(34,35)18-11-5-15(2)6-12-18/h5-12,19H,4,13-14H2,1-3H3,(H,26,32)/b27-22-. The van der Waals surface area contributed by atoms with Crippen LogP contribution in [0.1, 0.15) is 24.6 Å². The highest BCUT2D eigenvalue weighted by molar-refractivity contribution is 7.90. The van der Waals surface area contributed by atoms with E-state index in [0.29, 0.717) is 5.69 Å². The van der Waals surface area contributed by atoms with Crippen molar-refractivity contribution in [2.45, 2.75) is 37.8 Å². The Morgan fingerprint density at radius 1 is 1.21 bits per heavy atom. The Bertz CT molecular complexity index is 1550. The van der Waals surface area contributed by atoms with Gasteiger partial charge in [0.2, 0.25) is 5.91 Å². The number of carbonyl (C=O) groups is 2. The van der Waals surface area contributed by atoms with Crippen molar-refractivity contribution in [3.63, 3.8) is 0 Å². The van der Waals surface area contributed by atoms with Gasteiger partial charge in [-0.2, -0.15) is 8.42 Å². The highest BCUT2D eigenvalue weighted by atomic mass is 32.2. The molecule has 3 aromatic rings. The van der Waals surface area contributed by atoms with E-state index < -0.39 is 27.8 Å². The number of nitrogens with one attached hydrogen (secondary N) is 1. The molecule has 1 aliphatic rings. The Hall–Kier alpha value is -3.91. The van der Waals surface area contributed by atoms with Crippen molar-refractivity contribution in [1.29, 1.82) is 0 Å². The molecule has 2 aromatic carbocycles. The van der Waals surface area contributed by atoms with Gasteiger partial charge >= 0.3 is 0 Å². The summed E-state index contributed by atoms with van der Waals surface area (Å²) in [5.74, 6) is -1.31. The van der Waals surface area contributed by atoms with Crippen LogP contribution in [0.15, 0.2) is 62.3 Å². The fourth-order valence-electron chi connectivity index (χ4n) is 3.90. The summed E-state index contributed by atoms with van der Waals surface area (Å²) in [6.07, 6.45) is -0.254. The third-order valence-electron chi connectivity index (χ3n) is 5.96. The van der Waals surface area contributed by atoms with Gasteiger partial charge in [-0.1, -0.05) is 17.7 Å². The number of rotatable bonds is 8. The first-order chi connectivity index (χ1) is 18.0. The fraction of sp³-hybridized carbons (Fsp3) is 0.292. The number of nitrogens with zero attached hydrogens (tertiary/aromatic N) is 5. The normalized spacial score (nSPS) is 16.4. The molecule has 0 saturated carbocycles. The lowest BCUT2D eigenvalue weighted by atomic mass is 10.1. The number of hydrogen-bond donors (Lipinski definition) is 1. The average Bonchev–Trinajstić information content (AvgIpc) is 3.31. The van der Waals surface area contributed by atoms with Crippen LogP contribution in [0.4, 0.5) is 10.1 Å². The van der Waals surface area contributed by atoms with Crippen LogP contribution >= 0.6 is 12.2 Å². The van der Waals surface area contributed by atoms with E-state index in [1.54, 1.807) is 19.1 Å². The number of hydrogen-bond acceptors (Lipinski definition) is 6. The molecule has 1 unspecified atom stereocenters. The molecule has 4 rings (SSSR count). The van der Waals surface area contributed by atoms with Gasteiger partial charge in [0.25, 0.3) is 27.2 Å². The van der Waals surface area contributed by atoms with Crippen molar-refractivity contribution in [1.82, 2.24) is 15.1 Å². The van der Waals surface area contributed by atoms with Gasteiger partial charge in [-0.25, -0.2) is 9.07 Å². The van der Waals surface area contributed by atoms with Crippen molar-refractivity contribution in [2.24, 2.45) is 11.4 Å². The average molecular weight is 561 g/mol. The molecule has 1 saturated heterocycles. The zero-order valence-corrected chi connectivity index (χ0v) is 22.4. The highest BCUT2D eigenvalue weighted by Gasteiger charge is 2.44. The molecule has 1 aliphatic heterocycles. The van der Waals surface area contributed by atoms with E-state index in [0.717, 1.165) is 5.56 Å². The minimum Gasteiger partial charge on any atom is -0.486 e. The SMILES string of the molecule is CCN1C(=O)C(CC(=O)Nc2ccc(F)cc2)N(Cc2/c(=N/S(=O)(=O)c3ccc(C)cc3)o[n-][n+]2C)C1=S. The van der Waals surface area contributed by atoms with Crippen LogP contribution in [0.5, 0.6) is 0 Å². The smallest absolute Gasteiger partial charge is 0.289 e. The van der Waals surface area contributed by atoms with E-state index in [-0.39, 0.29) is 46.7 Å². The fourth-order valence-corrected chi connectivity index (χ4v) is 5.25. The molecule has 0 bridgehead atoms. The molecule has 1 aromatic heterocycles. The summed E-state index contributed by atoms with van der Waals surface area (Å²) in [5.41, 5.74) is 1.22. The first kappa shape index (κ1) is 27.1. The second-order valence-corrected chi connectivity index (χ2v) is 10.6. The maximum atomic E-state index is 13.2. The summed E-state index contributed by atoms with van der Waals surface area (Å²) in [7, 11) is -2.59. The molecule has 200 valence electrons. The lowest BCUT2D eigenvalue weighted by molar-refractivity contribution is -0.752. The molecule has 0 aliphatic carbocycles. The van der Waals surface area contributed by atoms with E-state index in [4.69, 9.17) is 16.7 Å². The maximum absolute atomic E-state index is 13.2. The van der Waals surface area contributed by atoms with Crippen LogP contribution in [0.25, 0.3) is 0 Å². The number of amides is 2. The number of aryl methyl sites for hydroxylation is 2. The number of carbonyl (C=O) groups excluding carboxylic acids is 2. The molecule has 1 atom stereocenters. The Balaban J connectivity index is 1.63. The second kappa shape index (κ2) is 10.8. The number of thiocarbonyl (C=S) groups is 1. The quantitative estimate of drug-likeness (QED) is 0.321. The van der Waals surface area contributed by atoms with E-state index in [1.165, 1.54) is 57.9 Å². The summed E-state index contributed by atoms with van der Waals surface area (Å²) in [6, 6.07) is 10.4. The van der Waals surface area contributed by atoms with E-state index in [9.17, 15) is 22.4 Å². The van der Waals surface area contributed by atoms with Crippen molar-refractivity contribution in [2.75, 3.05) is 11.9 Å². The molecule has 14 heteroatoms.